The number of nitrogens with zero attached hydrogens (tertiary/aromatic N) is 3. The van der Waals surface area contributed by atoms with E-state index in [-0.39, 0.29) is 5.91 Å². The van der Waals surface area contributed by atoms with Crippen molar-refractivity contribution in [2.45, 2.75) is 0 Å². The lowest BCUT2D eigenvalue weighted by Crippen LogP contribution is -2.18. The van der Waals surface area contributed by atoms with Gasteiger partial charge in [0.25, 0.3) is 5.91 Å². The van der Waals surface area contributed by atoms with Crippen LogP contribution in [0.2, 0.25) is 0 Å². The van der Waals surface area contributed by atoms with Crippen molar-refractivity contribution in [2.75, 3.05) is 45.6 Å². The van der Waals surface area contributed by atoms with Crippen LogP contribution in [0.3, 0.4) is 0 Å². The molecule has 0 aliphatic carbocycles. The molecule has 0 radical (unpaired) electrons. The van der Waals surface area contributed by atoms with Gasteiger partial charge in [-0.1, -0.05) is 18.2 Å². The number of carbonyl (C=O) groups is 1. The second-order valence-corrected chi connectivity index (χ2v) is 7.71. The molecule has 0 unspecified atom stereocenters. The fourth-order valence-electron chi connectivity index (χ4n) is 3.78. The molecule has 0 fully saturated rings. The van der Waals surface area contributed by atoms with E-state index in [1.807, 2.05) is 61.5 Å². The minimum atomic E-state index is -0.261. The number of methoxy groups -OCH3 is 3. The highest BCUT2D eigenvalue weighted by Crippen LogP contribution is 2.41. The Morgan fingerprint density at radius 2 is 1.62 bits per heavy atom. The van der Waals surface area contributed by atoms with E-state index in [2.05, 4.69) is 10.3 Å². The van der Waals surface area contributed by atoms with E-state index in [9.17, 15) is 4.79 Å². The van der Waals surface area contributed by atoms with Gasteiger partial charge < -0.3 is 24.4 Å². The summed E-state index contributed by atoms with van der Waals surface area (Å²) in [7, 11) is 8.43. The van der Waals surface area contributed by atoms with Crippen molar-refractivity contribution >= 4 is 28.3 Å². The summed E-state index contributed by atoms with van der Waals surface area (Å²) in [5.41, 5.74) is 3.13. The number of rotatable bonds is 7. The van der Waals surface area contributed by atoms with Gasteiger partial charge in [-0.3, -0.25) is 4.79 Å². The summed E-state index contributed by atoms with van der Waals surface area (Å²) < 4.78 is 16.4. The highest BCUT2D eigenvalue weighted by molar-refractivity contribution is 6.13. The van der Waals surface area contributed by atoms with Crippen LogP contribution >= 0.6 is 0 Å². The Morgan fingerprint density at radius 3 is 2.26 bits per heavy atom. The zero-order valence-electron chi connectivity index (χ0n) is 19.7. The summed E-state index contributed by atoms with van der Waals surface area (Å²) in [5.74, 6) is 1.90. The van der Waals surface area contributed by atoms with Crippen LogP contribution in [0.5, 0.6) is 17.2 Å². The maximum absolute atomic E-state index is 13.5. The van der Waals surface area contributed by atoms with Crippen LogP contribution in [-0.2, 0) is 0 Å². The van der Waals surface area contributed by atoms with Gasteiger partial charge in [0.2, 0.25) is 5.75 Å². The topological polar surface area (TPSA) is 85.8 Å². The second kappa shape index (κ2) is 9.66. The van der Waals surface area contributed by atoms with Crippen LogP contribution in [0.15, 0.2) is 60.8 Å². The molecule has 34 heavy (non-hydrogen) atoms. The minimum absolute atomic E-state index is 0.261. The van der Waals surface area contributed by atoms with Gasteiger partial charge in [-0.25, -0.2) is 9.97 Å². The van der Waals surface area contributed by atoms with Gasteiger partial charge >= 0.3 is 0 Å². The molecule has 4 aromatic rings. The van der Waals surface area contributed by atoms with E-state index in [0.29, 0.717) is 45.5 Å². The lowest BCUT2D eigenvalue weighted by atomic mass is 10.0. The van der Waals surface area contributed by atoms with E-state index in [1.165, 1.54) is 0 Å². The monoisotopic (exact) mass is 458 g/mol. The molecule has 8 heteroatoms. The predicted molar refractivity (Wildman–Crippen MR) is 133 cm³/mol. The molecule has 0 aliphatic rings. The van der Waals surface area contributed by atoms with Crippen LogP contribution in [0.1, 0.15) is 10.4 Å². The lowest BCUT2D eigenvalue weighted by molar-refractivity contribution is 0.102. The predicted octanol–water partition coefficient (Wildman–Crippen LogP) is 4.64. The first-order valence-corrected chi connectivity index (χ1v) is 10.6. The number of nitrogens with one attached hydrogen (secondary N) is 1. The number of ether oxygens (including phenoxy) is 3. The first-order valence-electron chi connectivity index (χ1n) is 10.6. The zero-order valence-corrected chi connectivity index (χ0v) is 19.7. The molecule has 1 N–H and O–H groups in total. The molecule has 8 nitrogen and oxygen atoms in total. The highest BCUT2D eigenvalue weighted by atomic mass is 16.5. The molecule has 0 aliphatic heterocycles. The van der Waals surface area contributed by atoms with Crippen molar-refractivity contribution in [1.82, 2.24) is 9.97 Å². The number of pyridine rings is 2. The average molecular weight is 459 g/mol. The molecule has 0 spiro atoms. The van der Waals surface area contributed by atoms with E-state index in [4.69, 9.17) is 19.2 Å². The number of hydrogen-bond acceptors (Lipinski definition) is 7. The number of fused-ring (bicyclic) bond motifs is 1. The SMILES string of the molecule is COc1cc(-c2cc(C(=O)Nc3cccnc3N(C)C)c3ccccc3n2)cc(OC)c1OC. The smallest absolute Gasteiger partial charge is 0.256 e. The molecular formula is C26H26N4O4. The van der Waals surface area contributed by atoms with Crippen molar-refractivity contribution < 1.29 is 19.0 Å². The zero-order chi connectivity index (χ0) is 24.2. The van der Waals surface area contributed by atoms with Crippen LogP contribution in [0.25, 0.3) is 22.2 Å². The molecule has 2 heterocycles. The Labute approximate surface area is 198 Å². The summed E-state index contributed by atoms with van der Waals surface area (Å²) in [6.45, 7) is 0. The Bertz CT molecular complexity index is 1330. The quantitative estimate of drug-likeness (QED) is 0.432. The number of amides is 1. The first kappa shape index (κ1) is 22.8. The molecule has 0 saturated carbocycles. The molecule has 2 aromatic carbocycles. The largest absolute Gasteiger partial charge is 0.493 e. The van der Waals surface area contributed by atoms with Gasteiger partial charge in [-0.2, -0.15) is 0 Å². The second-order valence-electron chi connectivity index (χ2n) is 7.71. The number of benzene rings is 2. The van der Waals surface area contributed by atoms with Crippen molar-refractivity contribution in [3.63, 3.8) is 0 Å². The number of carbonyl (C=O) groups excluding carboxylic acids is 1. The molecule has 0 saturated heterocycles. The van der Waals surface area contributed by atoms with E-state index in [1.54, 1.807) is 39.7 Å². The minimum Gasteiger partial charge on any atom is -0.493 e. The molecule has 2 aromatic heterocycles. The van der Waals surface area contributed by atoms with Crippen LogP contribution in [0.4, 0.5) is 11.5 Å². The molecule has 0 atom stereocenters. The third-order valence-corrected chi connectivity index (χ3v) is 5.38. The fourth-order valence-corrected chi connectivity index (χ4v) is 3.78. The summed E-state index contributed by atoms with van der Waals surface area (Å²) in [4.78, 5) is 24.5. The maximum Gasteiger partial charge on any atom is 0.256 e. The number of hydrogen-bond donors (Lipinski definition) is 1. The Balaban J connectivity index is 1.85. The standard InChI is InChI=1S/C26H26N4O4/c1-30(2)25-20(11-8-12-27-25)29-26(31)18-15-21(28-19-10-7-6-9-17(18)19)16-13-22(32-3)24(34-5)23(14-16)33-4/h6-15H,1-5H3,(H,29,31). The highest BCUT2D eigenvalue weighted by Gasteiger charge is 2.19. The van der Waals surface area contributed by atoms with Crippen LogP contribution in [-0.4, -0.2) is 51.3 Å². The molecular weight excluding hydrogens is 432 g/mol. The summed E-state index contributed by atoms with van der Waals surface area (Å²) in [6.07, 6.45) is 1.69. The number of anilines is 2. The third-order valence-electron chi connectivity index (χ3n) is 5.38. The van der Waals surface area contributed by atoms with Gasteiger partial charge in [0, 0.05) is 31.2 Å². The maximum atomic E-state index is 13.5. The molecule has 0 bridgehead atoms. The van der Waals surface area contributed by atoms with Gasteiger partial charge in [0.05, 0.1) is 43.8 Å². The van der Waals surface area contributed by atoms with Crippen molar-refractivity contribution in [2.24, 2.45) is 0 Å². The van der Waals surface area contributed by atoms with Crippen molar-refractivity contribution in [1.29, 1.82) is 0 Å². The first-order chi connectivity index (χ1) is 16.5. The Kier molecular flexibility index (Phi) is 6.49. The Morgan fingerprint density at radius 1 is 0.912 bits per heavy atom. The van der Waals surface area contributed by atoms with Crippen LogP contribution < -0.4 is 24.4 Å². The van der Waals surface area contributed by atoms with Gasteiger partial charge in [0.15, 0.2) is 17.3 Å². The van der Waals surface area contributed by atoms with Crippen LogP contribution in [0, 0.1) is 0 Å². The van der Waals surface area contributed by atoms with Gasteiger partial charge in [-0.05, 0) is 36.4 Å². The number of aromatic nitrogens is 2. The molecule has 4 rings (SSSR count). The fraction of sp³-hybridized carbons (Fsp3) is 0.192. The van der Waals surface area contributed by atoms with Crippen molar-refractivity contribution in [3.05, 3.63) is 66.4 Å². The Hall–Kier alpha value is -4.33. The van der Waals surface area contributed by atoms with Crippen molar-refractivity contribution in [3.8, 4) is 28.5 Å². The third kappa shape index (κ3) is 4.30. The van der Waals surface area contributed by atoms with E-state index >= 15 is 0 Å². The summed E-state index contributed by atoms with van der Waals surface area (Å²) in [6, 6.07) is 16.5. The molecule has 174 valence electrons. The summed E-state index contributed by atoms with van der Waals surface area (Å²) in [5, 5.41) is 3.74. The van der Waals surface area contributed by atoms with E-state index < -0.39 is 0 Å². The summed E-state index contributed by atoms with van der Waals surface area (Å²) >= 11 is 0. The average Bonchev–Trinajstić information content (AvgIpc) is 2.87. The van der Waals surface area contributed by atoms with Gasteiger partial charge in [0.1, 0.15) is 0 Å². The molecule has 1 amide bonds. The lowest BCUT2D eigenvalue weighted by Gasteiger charge is -2.17. The van der Waals surface area contributed by atoms with E-state index in [0.717, 1.165) is 10.9 Å². The number of para-hydroxylation sites is 1. The van der Waals surface area contributed by atoms with Gasteiger partial charge in [-0.15, -0.1) is 0 Å². The normalized spacial score (nSPS) is 10.6.